The SMILES string of the molecule is OCCNC1CCCN(CC2CCC2)C1. The molecule has 1 aliphatic carbocycles. The largest absolute Gasteiger partial charge is 0.395 e. The Balaban J connectivity index is 1.66. The van der Waals surface area contributed by atoms with Crippen molar-refractivity contribution in [2.45, 2.75) is 38.1 Å². The molecule has 1 unspecified atom stereocenters. The van der Waals surface area contributed by atoms with Crippen molar-refractivity contribution >= 4 is 0 Å². The van der Waals surface area contributed by atoms with E-state index in [4.69, 9.17) is 5.11 Å². The lowest BCUT2D eigenvalue weighted by Crippen LogP contribution is -2.48. The summed E-state index contributed by atoms with van der Waals surface area (Å²) in [6.45, 7) is 4.81. The molecule has 2 N–H and O–H groups in total. The standard InChI is InChI=1S/C12H24N2O/c15-8-6-13-12-5-2-7-14(10-12)9-11-3-1-4-11/h11-13,15H,1-10H2. The van der Waals surface area contributed by atoms with E-state index in [-0.39, 0.29) is 6.61 Å². The van der Waals surface area contributed by atoms with E-state index < -0.39 is 0 Å². The molecule has 0 aromatic rings. The number of hydrogen-bond acceptors (Lipinski definition) is 3. The molecule has 0 aromatic carbocycles. The third-order valence-corrected chi connectivity index (χ3v) is 3.79. The fourth-order valence-corrected chi connectivity index (χ4v) is 2.70. The third-order valence-electron chi connectivity index (χ3n) is 3.79. The van der Waals surface area contributed by atoms with Gasteiger partial charge in [-0.05, 0) is 38.1 Å². The maximum Gasteiger partial charge on any atom is 0.0556 e. The van der Waals surface area contributed by atoms with E-state index >= 15 is 0 Å². The Morgan fingerprint density at radius 1 is 1.20 bits per heavy atom. The molecular formula is C12H24N2O. The minimum atomic E-state index is 0.263. The van der Waals surface area contributed by atoms with Crippen LogP contribution in [0.1, 0.15) is 32.1 Å². The van der Waals surface area contributed by atoms with Crippen LogP contribution >= 0.6 is 0 Å². The van der Waals surface area contributed by atoms with Crippen molar-refractivity contribution < 1.29 is 5.11 Å². The van der Waals surface area contributed by atoms with Crippen molar-refractivity contribution in [3.63, 3.8) is 0 Å². The first-order valence-electron chi connectivity index (χ1n) is 6.45. The summed E-state index contributed by atoms with van der Waals surface area (Å²) in [4.78, 5) is 2.61. The molecule has 0 radical (unpaired) electrons. The number of hydrogen-bond donors (Lipinski definition) is 2. The number of nitrogens with one attached hydrogen (secondary N) is 1. The fraction of sp³-hybridized carbons (Fsp3) is 1.00. The molecule has 1 aliphatic heterocycles. The molecule has 3 heteroatoms. The molecule has 0 aromatic heterocycles. The monoisotopic (exact) mass is 212 g/mol. The van der Waals surface area contributed by atoms with Gasteiger partial charge in [0.1, 0.15) is 0 Å². The number of likely N-dealkylation sites (tertiary alicyclic amines) is 1. The molecule has 3 nitrogen and oxygen atoms in total. The average Bonchev–Trinajstić information content (AvgIpc) is 2.21. The van der Waals surface area contributed by atoms with Gasteiger partial charge in [0.2, 0.25) is 0 Å². The zero-order chi connectivity index (χ0) is 10.5. The Bertz CT molecular complexity index is 182. The second kappa shape index (κ2) is 5.83. The Labute approximate surface area is 92.8 Å². The van der Waals surface area contributed by atoms with Crippen LogP contribution in [-0.4, -0.2) is 48.8 Å². The van der Waals surface area contributed by atoms with Crippen LogP contribution in [0, 0.1) is 5.92 Å². The summed E-state index contributed by atoms with van der Waals surface area (Å²) in [5, 5.41) is 12.2. The number of nitrogens with zero attached hydrogens (tertiary/aromatic N) is 1. The van der Waals surface area contributed by atoms with Gasteiger partial charge in [-0.25, -0.2) is 0 Å². The molecule has 0 bridgehead atoms. The molecule has 1 atom stereocenters. The van der Waals surface area contributed by atoms with Gasteiger partial charge >= 0.3 is 0 Å². The first-order valence-corrected chi connectivity index (χ1v) is 6.45. The van der Waals surface area contributed by atoms with E-state index in [1.54, 1.807) is 0 Å². The number of aliphatic hydroxyl groups excluding tert-OH is 1. The second-order valence-electron chi connectivity index (χ2n) is 5.07. The van der Waals surface area contributed by atoms with Crippen molar-refractivity contribution in [2.24, 2.45) is 5.92 Å². The van der Waals surface area contributed by atoms with Crippen LogP contribution < -0.4 is 5.32 Å². The summed E-state index contributed by atoms with van der Waals surface area (Å²) >= 11 is 0. The summed E-state index contributed by atoms with van der Waals surface area (Å²) in [6.07, 6.45) is 6.94. The van der Waals surface area contributed by atoms with Crippen LogP contribution in [0.2, 0.25) is 0 Å². The van der Waals surface area contributed by atoms with Crippen molar-refractivity contribution in [1.29, 1.82) is 0 Å². The Morgan fingerprint density at radius 2 is 2.07 bits per heavy atom. The van der Waals surface area contributed by atoms with Gasteiger partial charge < -0.3 is 15.3 Å². The van der Waals surface area contributed by atoms with E-state index in [2.05, 4.69) is 10.2 Å². The molecule has 2 aliphatic rings. The Morgan fingerprint density at radius 3 is 2.73 bits per heavy atom. The minimum Gasteiger partial charge on any atom is -0.395 e. The van der Waals surface area contributed by atoms with Crippen molar-refractivity contribution in [2.75, 3.05) is 32.8 Å². The highest BCUT2D eigenvalue weighted by Crippen LogP contribution is 2.27. The summed E-state index contributed by atoms with van der Waals surface area (Å²) < 4.78 is 0. The molecule has 1 heterocycles. The van der Waals surface area contributed by atoms with Gasteiger partial charge in [0, 0.05) is 25.7 Å². The number of piperidine rings is 1. The van der Waals surface area contributed by atoms with Crippen LogP contribution in [0.3, 0.4) is 0 Å². The first-order chi connectivity index (χ1) is 7.38. The maximum absolute atomic E-state index is 8.78. The van der Waals surface area contributed by atoms with Gasteiger partial charge in [0.25, 0.3) is 0 Å². The van der Waals surface area contributed by atoms with Crippen LogP contribution in [0.25, 0.3) is 0 Å². The van der Waals surface area contributed by atoms with E-state index in [0.717, 1.165) is 12.5 Å². The summed E-state index contributed by atoms with van der Waals surface area (Å²) in [5.41, 5.74) is 0. The lowest BCUT2D eigenvalue weighted by Gasteiger charge is -2.37. The van der Waals surface area contributed by atoms with E-state index in [0.29, 0.717) is 6.04 Å². The first kappa shape index (κ1) is 11.4. The van der Waals surface area contributed by atoms with Gasteiger partial charge in [-0.2, -0.15) is 0 Å². The zero-order valence-electron chi connectivity index (χ0n) is 9.62. The molecular weight excluding hydrogens is 188 g/mol. The van der Waals surface area contributed by atoms with Gasteiger partial charge in [-0.15, -0.1) is 0 Å². The van der Waals surface area contributed by atoms with E-state index in [9.17, 15) is 0 Å². The topological polar surface area (TPSA) is 35.5 Å². The predicted molar refractivity (Wildman–Crippen MR) is 61.9 cm³/mol. The molecule has 15 heavy (non-hydrogen) atoms. The highest BCUT2D eigenvalue weighted by molar-refractivity contribution is 4.81. The van der Waals surface area contributed by atoms with Gasteiger partial charge in [-0.1, -0.05) is 6.42 Å². The summed E-state index contributed by atoms with van der Waals surface area (Å²) in [6, 6.07) is 0.617. The van der Waals surface area contributed by atoms with Crippen LogP contribution in [-0.2, 0) is 0 Å². The lowest BCUT2D eigenvalue weighted by atomic mass is 9.84. The summed E-state index contributed by atoms with van der Waals surface area (Å²) in [7, 11) is 0. The lowest BCUT2D eigenvalue weighted by molar-refractivity contribution is 0.133. The predicted octanol–water partition coefficient (Wildman–Crippen LogP) is 0.833. The van der Waals surface area contributed by atoms with E-state index in [1.807, 2.05) is 0 Å². The molecule has 1 saturated heterocycles. The Hall–Kier alpha value is -0.120. The third kappa shape index (κ3) is 3.44. The minimum absolute atomic E-state index is 0.263. The molecule has 0 amide bonds. The molecule has 88 valence electrons. The maximum atomic E-state index is 8.78. The molecule has 1 saturated carbocycles. The second-order valence-corrected chi connectivity index (χ2v) is 5.07. The van der Waals surface area contributed by atoms with Gasteiger partial charge in [0.15, 0.2) is 0 Å². The Kier molecular flexibility index (Phi) is 4.42. The quantitative estimate of drug-likeness (QED) is 0.708. The van der Waals surface area contributed by atoms with E-state index in [1.165, 1.54) is 51.7 Å². The van der Waals surface area contributed by atoms with Crippen molar-refractivity contribution in [3.8, 4) is 0 Å². The highest BCUT2D eigenvalue weighted by Gasteiger charge is 2.24. The van der Waals surface area contributed by atoms with Gasteiger partial charge in [-0.3, -0.25) is 0 Å². The van der Waals surface area contributed by atoms with Crippen LogP contribution in [0.15, 0.2) is 0 Å². The normalized spacial score (nSPS) is 29.0. The molecule has 2 rings (SSSR count). The summed E-state index contributed by atoms with van der Waals surface area (Å²) in [5.74, 6) is 0.988. The van der Waals surface area contributed by atoms with Crippen LogP contribution in [0.5, 0.6) is 0 Å². The van der Waals surface area contributed by atoms with Crippen LogP contribution in [0.4, 0.5) is 0 Å². The highest BCUT2D eigenvalue weighted by atomic mass is 16.3. The number of aliphatic hydroxyl groups is 1. The van der Waals surface area contributed by atoms with Crippen molar-refractivity contribution in [1.82, 2.24) is 10.2 Å². The molecule has 0 spiro atoms. The smallest absolute Gasteiger partial charge is 0.0556 e. The number of rotatable bonds is 5. The molecule has 2 fully saturated rings. The fourth-order valence-electron chi connectivity index (χ4n) is 2.70. The average molecular weight is 212 g/mol. The van der Waals surface area contributed by atoms with Crippen molar-refractivity contribution in [3.05, 3.63) is 0 Å². The zero-order valence-corrected chi connectivity index (χ0v) is 9.62. The van der Waals surface area contributed by atoms with Gasteiger partial charge in [0.05, 0.1) is 6.61 Å².